The molecule has 0 spiro atoms. The van der Waals surface area contributed by atoms with Crippen molar-refractivity contribution in [2.24, 2.45) is 5.92 Å². The number of aromatic nitrogens is 4. The first-order valence-electron chi connectivity index (χ1n) is 9.92. The van der Waals surface area contributed by atoms with Gasteiger partial charge >= 0.3 is 0 Å². The highest BCUT2D eigenvalue weighted by Gasteiger charge is 2.35. The maximum absolute atomic E-state index is 12.9. The molecule has 2 aromatic rings. The van der Waals surface area contributed by atoms with Gasteiger partial charge in [-0.3, -0.25) is 4.79 Å². The standard InChI is InChI=1S/C20H27N5OS/c1-14-9-10-17(15(2)12-14)25-20(21-22-23-25)27-13-19(26)24-11-5-7-16-6-3-4-8-18(16)24/h9-10,12,16,18H,3-8,11,13H2,1-2H3/t16-,18+/m0/s1. The number of hydrogen-bond acceptors (Lipinski definition) is 5. The van der Waals surface area contributed by atoms with E-state index >= 15 is 0 Å². The van der Waals surface area contributed by atoms with E-state index in [1.807, 2.05) is 6.07 Å². The van der Waals surface area contributed by atoms with Crippen molar-refractivity contribution >= 4 is 17.7 Å². The number of likely N-dealkylation sites (tertiary alicyclic amines) is 1. The van der Waals surface area contributed by atoms with Crippen LogP contribution in [0.25, 0.3) is 5.69 Å². The van der Waals surface area contributed by atoms with E-state index in [0.717, 1.165) is 24.2 Å². The highest BCUT2D eigenvalue weighted by atomic mass is 32.2. The van der Waals surface area contributed by atoms with E-state index in [2.05, 4.69) is 46.4 Å². The summed E-state index contributed by atoms with van der Waals surface area (Å²) in [4.78, 5) is 15.1. The van der Waals surface area contributed by atoms with Gasteiger partial charge in [0.25, 0.3) is 0 Å². The lowest BCUT2D eigenvalue weighted by molar-refractivity contribution is -0.134. The van der Waals surface area contributed by atoms with Crippen molar-refractivity contribution in [3.8, 4) is 5.69 Å². The van der Waals surface area contributed by atoms with Crippen LogP contribution >= 0.6 is 11.8 Å². The van der Waals surface area contributed by atoms with Crippen molar-refractivity contribution in [1.82, 2.24) is 25.1 Å². The number of carbonyl (C=O) groups is 1. The van der Waals surface area contributed by atoms with E-state index in [4.69, 9.17) is 0 Å². The number of thioether (sulfide) groups is 1. The average molecular weight is 386 g/mol. The largest absolute Gasteiger partial charge is 0.339 e. The van der Waals surface area contributed by atoms with Gasteiger partial charge in [0.05, 0.1) is 11.4 Å². The molecule has 1 aliphatic carbocycles. The summed E-state index contributed by atoms with van der Waals surface area (Å²) in [5.74, 6) is 1.34. The number of nitrogens with zero attached hydrogens (tertiary/aromatic N) is 5. The third-order valence-electron chi connectivity index (χ3n) is 5.91. The average Bonchev–Trinajstić information content (AvgIpc) is 3.14. The molecule has 7 heteroatoms. The summed E-state index contributed by atoms with van der Waals surface area (Å²) in [6.07, 6.45) is 7.45. The predicted molar refractivity (Wildman–Crippen MR) is 106 cm³/mol. The SMILES string of the molecule is Cc1ccc(-n2nnnc2SCC(=O)N2CCC[C@@H]3CCCC[C@H]32)c(C)c1. The van der Waals surface area contributed by atoms with Crippen LogP contribution in [0.3, 0.4) is 0 Å². The Labute approximate surface area is 164 Å². The van der Waals surface area contributed by atoms with Crippen LogP contribution in [0.2, 0.25) is 0 Å². The summed E-state index contributed by atoms with van der Waals surface area (Å²) in [5.41, 5.74) is 3.29. The summed E-state index contributed by atoms with van der Waals surface area (Å²) in [6.45, 7) is 5.03. The molecule has 1 aliphatic heterocycles. The summed E-state index contributed by atoms with van der Waals surface area (Å²) in [5, 5.41) is 12.8. The Morgan fingerprint density at radius 3 is 2.85 bits per heavy atom. The molecule has 1 saturated carbocycles. The molecular formula is C20H27N5OS. The molecule has 1 aromatic heterocycles. The number of hydrogen-bond donors (Lipinski definition) is 0. The molecule has 2 fully saturated rings. The monoisotopic (exact) mass is 385 g/mol. The molecule has 0 radical (unpaired) electrons. The Morgan fingerprint density at radius 1 is 1.19 bits per heavy atom. The van der Waals surface area contributed by atoms with Crippen LogP contribution in [0.4, 0.5) is 0 Å². The number of fused-ring (bicyclic) bond motifs is 1. The third kappa shape index (κ3) is 3.88. The van der Waals surface area contributed by atoms with Gasteiger partial charge in [0.1, 0.15) is 0 Å². The van der Waals surface area contributed by atoms with E-state index in [1.165, 1.54) is 49.4 Å². The molecule has 2 heterocycles. The van der Waals surface area contributed by atoms with Crippen LogP contribution in [0.5, 0.6) is 0 Å². The first-order valence-corrected chi connectivity index (χ1v) is 10.9. The lowest BCUT2D eigenvalue weighted by Crippen LogP contribution is -2.50. The quantitative estimate of drug-likeness (QED) is 0.753. The Bertz CT molecular complexity index is 818. The molecule has 0 bridgehead atoms. The smallest absolute Gasteiger partial charge is 0.233 e. The highest BCUT2D eigenvalue weighted by molar-refractivity contribution is 7.99. The minimum atomic E-state index is 0.228. The second-order valence-corrected chi connectivity index (χ2v) is 8.74. The van der Waals surface area contributed by atoms with E-state index < -0.39 is 0 Å². The summed E-state index contributed by atoms with van der Waals surface area (Å²) in [6, 6.07) is 6.66. The minimum Gasteiger partial charge on any atom is -0.339 e. The van der Waals surface area contributed by atoms with Crippen LogP contribution in [0.15, 0.2) is 23.4 Å². The van der Waals surface area contributed by atoms with Crippen LogP contribution in [0.1, 0.15) is 49.7 Å². The Balaban J connectivity index is 1.45. The van der Waals surface area contributed by atoms with Crippen LogP contribution in [-0.4, -0.2) is 49.4 Å². The predicted octanol–water partition coefficient (Wildman–Crippen LogP) is 3.55. The number of piperidine rings is 1. The number of amides is 1. The highest BCUT2D eigenvalue weighted by Crippen LogP contribution is 2.35. The van der Waals surface area contributed by atoms with Crippen molar-refractivity contribution in [3.05, 3.63) is 29.3 Å². The molecule has 2 atom stereocenters. The third-order valence-corrected chi connectivity index (χ3v) is 6.81. The molecule has 27 heavy (non-hydrogen) atoms. The maximum atomic E-state index is 12.9. The van der Waals surface area contributed by atoms with Crippen LogP contribution < -0.4 is 0 Å². The fraction of sp³-hybridized carbons (Fsp3) is 0.600. The number of benzene rings is 1. The second-order valence-electron chi connectivity index (χ2n) is 7.79. The summed E-state index contributed by atoms with van der Waals surface area (Å²) >= 11 is 1.44. The fourth-order valence-electron chi connectivity index (χ4n) is 4.61. The zero-order valence-corrected chi connectivity index (χ0v) is 16.9. The Hall–Kier alpha value is -1.89. The maximum Gasteiger partial charge on any atom is 0.233 e. The lowest BCUT2D eigenvalue weighted by atomic mass is 9.78. The topological polar surface area (TPSA) is 63.9 Å². The van der Waals surface area contributed by atoms with Crippen molar-refractivity contribution in [3.63, 3.8) is 0 Å². The lowest BCUT2D eigenvalue weighted by Gasteiger charge is -2.44. The van der Waals surface area contributed by atoms with Gasteiger partial charge in [0, 0.05) is 12.6 Å². The number of carbonyl (C=O) groups excluding carboxylic acids is 1. The number of rotatable bonds is 4. The van der Waals surface area contributed by atoms with E-state index in [0.29, 0.717) is 22.9 Å². The molecule has 1 aromatic carbocycles. The van der Waals surface area contributed by atoms with Gasteiger partial charge in [-0.1, -0.05) is 42.3 Å². The van der Waals surface area contributed by atoms with Gasteiger partial charge in [-0.15, -0.1) is 5.10 Å². The molecule has 0 unspecified atom stereocenters. The van der Waals surface area contributed by atoms with Crippen molar-refractivity contribution in [2.45, 2.75) is 63.6 Å². The van der Waals surface area contributed by atoms with Crippen molar-refractivity contribution in [2.75, 3.05) is 12.3 Å². The molecule has 4 rings (SSSR count). The molecule has 0 N–H and O–H groups in total. The van der Waals surface area contributed by atoms with Gasteiger partial charge in [-0.2, -0.15) is 4.68 Å². The molecule has 144 valence electrons. The fourth-order valence-corrected chi connectivity index (χ4v) is 5.38. The molecule has 1 saturated heterocycles. The summed E-state index contributed by atoms with van der Waals surface area (Å²) < 4.78 is 1.74. The Kier molecular flexibility index (Phi) is 5.48. The Morgan fingerprint density at radius 2 is 2.00 bits per heavy atom. The van der Waals surface area contributed by atoms with Crippen LogP contribution in [0, 0.1) is 19.8 Å². The van der Waals surface area contributed by atoms with Crippen LogP contribution in [-0.2, 0) is 4.79 Å². The van der Waals surface area contributed by atoms with Gasteiger partial charge in [-0.05, 0) is 67.5 Å². The van der Waals surface area contributed by atoms with E-state index in [9.17, 15) is 4.79 Å². The van der Waals surface area contributed by atoms with Gasteiger partial charge in [-0.25, -0.2) is 0 Å². The summed E-state index contributed by atoms with van der Waals surface area (Å²) in [7, 11) is 0. The second kappa shape index (κ2) is 8.00. The number of tetrazole rings is 1. The zero-order valence-electron chi connectivity index (χ0n) is 16.1. The molecule has 2 aliphatic rings. The molecule has 1 amide bonds. The van der Waals surface area contributed by atoms with Crippen molar-refractivity contribution in [1.29, 1.82) is 0 Å². The van der Waals surface area contributed by atoms with E-state index in [-0.39, 0.29) is 5.91 Å². The van der Waals surface area contributed by atoms with Gasteiger partial charge in [0.2, 0.25) is 11.1 Å². The minimum absolute atomic E-state index is 0.228. The van der Waals surface area contributed by atoms with Gasteiger partial charge in [0.15, 0.2) is 0 Å². The zero-order chi connectivity index (χ0) is 18.8. The van der Waals surface area contributed by atoms with Gasteiger partial charge < -0.3 is 4.90 Å². The number of aryl methyl sites for hydroxylation is 2. The van der Waals surface area contributed by atoms with Crippen molar-refractivity contribution < 1.29 is 4.79 Å². The van der Waals surface area contributed by atoms with E-state index in [1.54, 1.807) is 4.68 Å². The normalized spacial score (nSPS) is 22.5. The first-order chi connectivity index (χ1) is 13.1. The first kappa shape index (κ1) is 18.5. The molecule has 6 nitrogen and oxygen atoms in total. The molecular weight excluding hydrogens is 358 g/mol.